The minimum absolute atomic E-state index is 0.489. The number of hydrogen-bond donors (Lipinski definition) is 0. The maximum absolute atomic E-state index is 7.44. The van der Waals surface area contributed by atoms with E-state index in [1.165, 1.54) is 53.6 Å². The Balaban J connectivity index is 1.05. The first kappa shape index (κ1) is 32.7. The third-order valence-corrected chi connectivity index (χ3v) is 13.7. The molecule has 0 fully saturated rings. The van der Waals surface area contributed by atoms with Gasteiger partial charge < -0.3 is 14.4 Å². The molecule has 4 heteroatoms. The molecule has 0 saturated heterocycles. The van der Waals surface area contributed by atoms with Crippen molar-refractivity contribution in [3.05, 3.63) is 222 Å². The van der Waals surface area contributed by atoms with Gasteiger partial charge >= 0.3 is 0 Å². The van der Waals surface area contributed by atoms with Crippen LogP contribution in [0.5, 0.6) is 23.0 Å². The number of fused-ring (bicyclic) bond motifs is 16. The number of hydrogen-bond acceptors (Lipinski definition) is 4. The Bertz CT molecular complexity index is 3320. The van der Waals surface area contributed by atoms with Gasteiger partial charge in [-0.1, -0.05) is 152 Å². The molecule has 2 aliphatic carbocycles. The van der Waals surface area contributed by atoms with E-state index >= 15 is 0 Å². The first-order chi connectivity index (χ1) is 29.3. The molecule has 3 aliphatic rings. The highest BCUT2D eigenvalue weighted by molar-refractivity contribution is 7.26. The fourth-order valence-corrected chi connectivity index (χ4v) is 11.3. The van der Waals surface area contributed by atoms with Gasteiger partial charge in [0.15, 0.2) is 23.0 Å². The van der Waals surface area contributed by atoms with Crippen LogP contribution >= 0.6 is 11.3 Å². The van der Waals surface area contributed by atoms with Gasteiger partial charge in [-0.15, -0.1) is 11.3 Å². The van der Waals surface area contributed by atoms with Gasteiger partial charge in [-0.3, -0.25) is 0 Å². The van der Waals surface area contributed by atoms with Gasteiger partial charge in [-0.2, -0.15) is 0 Å². The molecular weight excluding hydrogens is 739 g/mol. The van der Waals surface area contributed by atoms with E-state index in [0.29, 0.717) is 17.2 Å². The molecular formula is C55H33NO2S. The van der Waals surface area contributed by atoms with Gasteiger partial charge in [0.2, 0.25) is 0 Å². The summed E-state index contributed by atoms with van der Waals surface area (Å²) < 4.78 is 16.9. The van der Waals surface area contributed by atoms with Crippen molar-refractivity contribution in [2.45, 2.75) is 5.41 Å². The fraction of sp³-hybridized carbons (Fsp3) is 0.0182. The van der Waals surface area contributed by atoms with Gasteiger partial charge in [0, 0.05) is 31.4 Å². The number of nitrogens with zero attached hydrogens (tertiary/aromatic N) is 1. The average molecular weight is 772 g/mol. The Kier molecular flexibility index (Phi) is 6.81. The molecule has 10 aromatic rings. The van der Waals surface area contributed by atoms with Crippen LogP contribution < -0.4 is 14.4 Å². The number of anilines is 3. The van der Waals surface area contributed by atoms with Crippen LogP contribution in [0.3, 0.4) is 0 Å². The third-order valence-electron chi connectivity index (χ3n) is 12.5. The Morgan fingerprint density at radius 1 is 0.407 bits per heavy atom. The number of para-hydroxylation sites is 1. The molecule has 0 radical (unpaired) electrons. The minimum atomic E-state index is -0.489. The Morgan fingerprint density at radius 2 is 1.02 bits per heavy atom. The van der Waals surface area contributed by atoms with Crippen molar-refractivity contribution >= 4 is 48.6 Å². The van der Waals surface area contributed by atoms with Crippen molar-refractivity contribution in [3.63, 3.8) is 0 Å². The van der Waals surface area contributed by atoms with Crippen LogP contribution in [0.2, 0.25) is 0 Å². The molecule has 2 heterocycles. The first-order valence-corrected chi connectivity index (χ1v) is 20.9. The molecule has 0 N–H and O–H groups in total. The van der Waals surface area contributed by atoms with E-state index in [0.717, 1.165) is 45.1 Å². The lowest BCUT2D eigenvalue weighted by atomic mass is 9.70. The van der Waals surface area contributed by atoms with E-state index in [1.54, 1.807) is 0 Å². The normalized spacial score (nSPS) is 13.5. The van der Waals surface area contributed by atoms with Gasteiger partial charge in [0.25, 0.3) is 0 Å². The number of rotatable bonds is 4. The van der Waals surface area contributed by atoms with Crippen LogP contribution in [-0.2, 0) is 5.41 Å². The summed E-state index contributed by atoms with van der Waals surface area (Å²) in [4.78, 5) is 2.36. The summed E-state index contributed by atoms with van der Waals surface area (Å²) in [6.45, 7) is 0. The molecule has 0 unspecified atom stereocenters. The van der Waals surface area contributed by atoms with Gasteiger partial charge in [-0.05, 0) is 98.6 Å². The van der Waals surface area contributed by atoms with Crippen LogP contribution in [-0.4, -0.2) is 0 Å². The summed E-state index contributed by atoms with van der Waals surface area (Å²) in [7, 11) is 0. The topological polar surface area (TPSA) is 21.7 Å². The average Bonchev–Trinajstić information content (AvgIpc) is 3.94. The Hall–Kier alpha value is -7.40. The molecule has 59 heavy (non-hydrogen) atoms. The van der Waals surface area contributed by atoms with Crippen LogP contribution in [0.4, 0.5) is 17.1 Å². The molecule has 13 rings (SSSR count). The first-order valence-electron chi connectivity index (χ1n) is 20.1. The summed E-state index contributed by atoms with van der Waals surface area (Å²) in [5.74, 6) is 2.81. The van der Waals surface area contributed by atoms with Gasteiger partial charge in [0.05, 0.1) is 16.8 Å². The maximum atomic E-state index is 7.44. The van der Waals surface area contributed by atoms with Crippen LogP contribution in [0, 0.1) is 0 Å². The highest BCUT2D eigenvalue weighted by Gasteiger charge is 2.53. The van der Waals surface area contributed by atoms with Crippen molar-refractivity contribution in [1.82, 2.24) is 0 Å². The Labute approximate surface area is 345 Å². The summed E-state index contributed by atoms with van der Waals surface area (Å²) >= 11 is 1.83. The SMILES string of the molecule is c1ccc(-c2cccc(N(c3cccc4c3Oc3c(ccc5c3-c3ccccc3C53c5ccccc5-c5ccccc53)O4)c3cccc4sc5ccccc5c34)c2)cc1. The van der Waals surface area contributed by atoms with Gasteiger partial charge in [0.1, 0.15) is 0 Å². The smallest absolute Gasteiger partial charge is 0.194 e. The molecule has 9 aromatic carbocycles. The molecule has 0 saturated carbocycles. The van der Waals surface area contributed by atoms with E-state index in [9.17, 15) is 0 Å². The molecule has 276 valence electrons. The lowest BCUT2D eigenvalue weighted by molar-refractivity contribution is 0.361. The molecule has 0 atom stereocenters. The predicted molar refractivity (Wildman–Crippen MR) is 242 cm³/mol. The highest BCUT2D eigenvalue weighted by atomic mass is 32.1. The molecule has 1 aliphatic heterocycles. The summed E-state index contributed by atoms with van der Waals surface area (Å²) in [5, 5.41) is 2.44. The van der Waals surface area contributed by atoms with E-state index < -0.39 is 5.41 Å². The quantitative estimate of drug-likeness (QED) is 0.178. The number of ether oxygens (including phenoxy) is 2. The second-order valence-corrected chi connectivity index (χ2v) is 16.6. The largest absolute Gasteiger partial charge is 0.449 e. The monoisotopic (exact) mass is 771 g/mol. The summed E-state index contributed by atoms with van der Waals surface area (Å²) in [5.41, 5.74) is 14.7. The minimum Gasteiger partial charge on any atom is -0.449 e. The van der Waals surface area contributed by atoms with Crippen LogP contribution in [0.1, 0.15) is 22.3 Å². The number of benzene rings is 9. The molecule has 1 aromatic heterocycles. The zero-order chi connectivity index (χ0) is 38.7. The summed E-state index contributed by atoms with van der Waals surface area (Å²) in [6.07, 6.45) is 0. The predicted octanol–water partition coefficient (Wildman–Crippen LogP) is 15.4. The van der Waals surface area contributed by atoms with Crippen molar-refractivity contribution in [2.75, 3.05) is 4.90 Å². The van der Waals surface area contributed by atoms with Crippen molar-refractivity contribution in [1.29, 1.82) is 0 Å². The van der Waals surface area contributed by atoms with Crippen molar-refractivity contribution < 1.29 is 9.47 Å². The van der Waals surface area contributed by atoms with Crippen molar-refractivity contribution in [2.24, 2.45) is 0 Å². The lowest BCUT2D eigenvalue weighted by Crippen LogP contribution is -2.25. The zero-order valence-corrected chi connectivity index (χ0v) is 32.5. The molecule has 3 nitrogen and oxygen atoms in total. The van der Waals surface area contributed by atoms with E-state index in [2.05, 4.69) is 199 Å². The molecule has 0 bridgehead atoms. The van der Waals surface area contributed by atoms with Crippen LogP contribution in [0.25, 0.3) is 53.6 Å². The van der Waals surface area contributed by atoms with Crippen LogP contribution in [0.15, 0.2) is 200 Å². The van der Waals surface area contributed by atoms with E-state index in [-0.39, 0.29) is 0 Å². The third kappa shape index (κ3) is 4.47. The Morgan fingerprint density at radius 3 is 1.83 bits per heavy atom. The molecule has 0 amide bonds. The van der Waals surface area contributed by atoms with E-state index in [4.69, 9.17) is 9.47 Å². The second kappa shape index (κ2) is 12.3. The van der Waals surface area contributed by atoms with E-state index in [1.807, 2.05) is 17.4 Å². The zero-order valence-electron chi connectivity index (χ0n) is 31.7. The number of thiophene rings is 1. The fourth-order valence-electron chi connectivity index (χ4n) is 10.2. The van der Waals surface area contributed by atoms with Crippen molar-refractivity contribution in [3.8, 4) is 56.4 Å². The molecule has 1 spiro atoms. The standard InChI is InChI=1S/C55H33NO2S/c1-2-15-34(16-3-1)35-17-12-18-36(33-35)56(45-26-14-30-50-52(45)40-22-7-11-29-49(40)59-50)46-27-13-28-47-53(46)58-54-48(57-47)32-31-44-51(54)39-21-6-10-25-43(39)55(44)41-23-8-4-19-37(41)38-20-5-9-24-42(38)55/h1-33H. The second-order valence-electron chi connectivity index (χ2n) is 15.5. The highest BCUT2D eigenvalue weighted by Crippen LogP contribution is 2.67. The lowest BCUT2D eigenvalue weighted by Gasteiger charge is -2.32. The maximum Gasteiger partial charge on any atom is 0.194 e. The van der Waals surface area contributed by atoms with Gasteiger partial charge in [-0.25, -0.2) is 0 Å². The summed E-state index contributed by atoms with van der Waals surface area (Å²) in [6, 6.07) is 72.1.